The van der Waals surface area contributed by atoms with Crippen LogP contribution < -0.4 is 54.4 Å². The molecule has 16 N–H and O–H groups in total. The number of nitrogens with one attached hydrogen (secondary N) is 7. The van der Waals surface area contributed by atoms with Gasteiger partial charge in [-0.2, -0.15) is 0 Å². The molecule has 0 rings (SSSR count). The van der Waals surface area contributed by atoms with Crippen molar-refractivity contribution in [2.75, 3.05) is 26.3 Å². The van der Waals surface area contributed by atoms with E-state index in [1.807, 2.05) is 0 Å². The van der Waals surface area contributed by atoms with Gasteiger partial charge in [0, 0.05) is 6.54 Å². The third-order valence-corrected chi connectivity index (χ3v) is 7.49. The largest absolute Gasteiger partial charge is 0.480 e. The summed E-state index contributed by atoms with van der Waals surface area (Å²) in [5.74, 6) is -8.13. The minimum absolute atomic E-state index is 0.0157. The number of aliphatic imine (C=N–C) groups is 1. The first kappa shape index (κ1) is 47.9. The molecule has 302 valence electrons. The van der Waals surface area contributed by atoms with E-state index < -0.39 is 109 Å². The molecule has 22 heteroatoms. The van der Waals surface area contributed by atoms with Gasteiger partial charge in [-0.1, -0.05) is 27.7 Å². The van der Waals surface area contributed by atoms with Crippen LogP contribution >= 0.6 is 0 Å². The third kappa shape index (κ3) is 18.3. The molecule has 0 unspecified atom stereocenters. The van der Waals surface area contributed by atoms with Crippen LogP contribution in [0.15, 0.2) is 4.99 Å². The summed E-state index contributed by atoms with van der Waals surface area (Å²) in [5.41, 5.74) is 15.9. The Morgan fingerprint density at radius 2 is 1.08 bits per heavy atom. The lowest BCUT2D eigenvalue weighted by Crippen LogP contribution is -2.61. The zero-order valence-corrected chi connectivity index (χ0v) is 30.9. The molecular weight excluding hydrogens is 702 g/mol. The summed E-state index contributed by atoms with van der Waals surface area (Å²) in [4.78, 5) is 105. The number of aliphatic hydroxyl groups excluding tert-OH is 2. The molecule has 53 heavy (non-hydrogen) atoms. The summed E-state index contributed by atoms with van der Waals surface area (Å²) in [6, 6.07) is -9.34. The summed E-state index contributed by atoms with van der Waals surface area (Å²) in [6.07, 6.45) is 0.325. The number of hydrogen-bond acceptors (Lipinski definition) is 12. The van der Waals surface area contributed by atoms with Gasteiger partial charge in [-0.05, 0) is 44.9 Å². The smallest absolute Gasteiger partial charge is 0.328 e. The minimum atomic E-state index is -1.62. The molecule has 7 amide bonds. The number of guanidine groups is 1. The summed E-state index contributed by atoms with van der Waals surface area (Å²) in [5, 5.41) is 45.0. The van der Waals surface area contributed by atoms with Gasteiger partial charge >= 0.3 is 5.97 Å². The van der Waals surface area contributed by atoms with Crippen molar-refractivity contribution in [3.05, 3.63) is 0 Å². The quantitative estimate of drug-likeness (QED) is 0.0248. The molecule has 0 bridgehead atoms. The average molecular weight is 760 g/mol. The number of carbonyl (C=O) groups excluding carboxylic acids is 7. The van der Waals surface area contributed by atoms with E-state index in [9.17, 15) is 53.7 Å². The van der Waals surface area contributed by atoms with E-state index in [0.717, 1.165) is 0 Å². The topological polar surface area (TPSA) is 372 Å². The van der Waals surface area contributed by atoms with Crippen LogP contribution in [0.3, 0.4) is 0 Å². The first-order valence-electron chi connectivity index (χ1n) is 17.0. The highest BCUT2D eigenvalue weighted by molar-refractivity contribution is 5.97. The number of carboxylic acid groups (broad SMARTS) is 1. The molecule has 0 heterocycles. The van der Waals surface area contributed by atoms with Gasteiger partial charge < -0.3 is 69.7 Å². The molecule has 0 fully saturated rings. The average Bonchev–Trinajstić information content (AvgIpc) is 3.07. The van der Waals surface area contributed by atoms with E-state index in [0.29, 0.717) is 0 Å². The molecule has 7 atom stereocenters. The van der Waals surface area contributed by atoms with Crippen molar-refractivity contribution >= 4 is 53.3 Å². The molecule has 22 nitrogen and oxygen atoms in total. The lowest BCUT2D eigenvalue weighted by atomic mass is 9.99. The number of rotatable bonds is 24. The lowest BCUT2D eigenvalue weighted by molar-refractivity contribution is -0.143. The molecule has 0 aliphatic carbocycles. The summed E-state index contributed by atoms with van der Waals surface area (Å²) in [7, 11) is 0. The Kier molecular flexibility index (Phi) is 21.9. The molecule has 0 aromatic heterocycles. The third-order valence-electron chi connectivity index (χ3n) is 7.49. The van der Waals surface area contributed by atoms with Gasteiger partial charge in [-0.25, -0.2) is 4.79 Å². The van der Waals surface area contributed by atoms with E-state index in [2.05, 4.69) is 42.2 Å². The molecular formula is C31H57N11O11. The van der Waals surface area contributed by atoms with Gasteiger partial charge in [-0.15, -0.1) is 0 Å². The summed E-state index contributed by atoms with van der Waals surface area (Å²) in [6.45, 7) is 7.25. The van der Waals surface area contributed by atoms with Crippen LogP contribution in [-0.2, 0) is 38.4 Å². The van der Waals surface area contributed by atoms with Crippen LogP contribution in [-0.4, -0.2) is 137 Å². The molecule has 0 aliphatic heterocycles. The Balaban J connectivity index is 5.75. The number of aliphatic hydroxyl groups is 2. The van der Waals surface area contributed by atoms with Crippen molar-refractivity contribution < 1.29 is 53.7 Å². The highest BCUT2D eigenvalue weighted by Crippen LogP contribution is 2.09. The number of nitrogens with zero attached hydrogens (tertiary/aromatic N) is 1. The Morgan fingerprint density at radius 1 is 0.604 bits per heavy atom. The predicted molar refractivity (Wildman–Crippen MR) is 190 cm³/mol. The molecule has 0 saturated heterocycles. The lowest BCUT2D eigenvalue weighted by Gasteiger charge is -2.28. The number of carbonyl (C=O) groups is 8. The summed E-state index contributed by atoms with van der Waals surface area (Å²) >= 11 is 0. The number of amides is 7. The fourth-order valence-corrected chi connectivity index (χ4v) is 4.52. The maximum atomic E-state index is 13.3. The normalized spacial score (nSPS) is 14.9. The molecule has 0 aromatic carbocycles. The van der Waals surface area contributed by atoms with Crippen LogP contribution in [0.25, 0.3) is 0 Å². The Hall–Kier alpha value is -5.09. The Bertz CT molecular complexity index is 1310. The van der Waals surface area contributed by atoms with Crippen LogP contribution in [0.4, 0.5) is 0 Å². The van der Waals surface area contributed by atoms with Gasteiger partial charge in [0.2, 0.25) is 41.4 Å². The van der Waals surface area contributed by atoms with Crippen LogP contribution in [0, 0.1) is 11.8 Å². The first-order chi connectivity index (χ1) is 24.7. The Morgan fingerprint density at radius 3 is 1.55 bits per heavy atom. The number of nitrogens with two attached hydrogens (primary N) is 3. The van der Waals surface area contributed by atoms with Gasteiger partial charge in [0.1, 0.15) is 42.3 Å². The maximum absolute atomic E-state index is 13.3. The van der Waals surface area contributed by atoms with E-state index in [1.54, 1.807) is 27.7 Å². The standard InChI is InChI=1S/C31H57N11O11/c1-14(2)10-19(27(49)41-21(13-44)30(52)53)39-29(51)23(15(3)4)42-28(50)20(12-43)40-25(47)17(6)37-26(48)18(8-7-9-35-31(33)34)38-24(46)16(5)36-22(45)11-32/h14-21,23,43-44H,7-13,32H2,1-6H3,(H,36,45)(H,37,48)(H,38,46)(H,39,51)(H,40,47)(H,41,49)(H,42,50)(H,52,53)(H4,33,34,35)/t16-,17-,18-,19-,20-,21-,23-/m0/s1. The number of hydrogen-bond donors (Lipinski definition) is 13. The number of carboxylic acids is 1. The van der Waals surface area contributed by atoms with Crippen molar-refractivity contribution in [2.24, 2.45) is 34.0 Å². The van der Waals surface area contributed by atoms with Gasteiger partial charge in [0.25, 0.3) is 0 Å². The molecule has 0 saturated carbocycles. The molecule has 0 aliphatic rings. The molecule has 0 radical (unpaired) electrons. The van der Waals surface area contributed by atoms with Crippen molar-refractivity contribution in [1.82, 2.24) is 37.2 Å². The van der Waals surface area contributed by atoms with Gasteiger partial charge in [0.05, 0.1) is 19.8 Å². The van der Waals surface area contributed by atoms with Crippen molar-refractivity contribution in [1.29, 1.82) is 0 Å². The zero-order chi connectivity index (χ0) is 41.0. The van der Waals surface area contributed by atoms with Crippen LogP contribution in [0.5, 0.6) is 0 Å². The van der Waals surface area contributed by atoms with Crippen molar-refractivity contribution in [3.8, 4) is 0 Å². The predicted octanol–water partition coefficient (Wildman–Crippen LogP) is -5.80. The van der Waals surface area contributed by atoms with Gasteiger partial charge in [0.15, 0.2) is 5.96 Å². The molecule has 0 aromatic rings. The number of aliphatic carboxylic acids is 1. The molecule has 0 spiro atoms. The monoisotopic (exact) mass is 759 g/mol. The summed E-state index contributed by atoms with van der Waals surface area (Å²) < 4.78 is 0. The fourth-order valence-electron chi connectivity index (χ4n) is 4.52. The van der Waals surface area contributed by atoms with Crippen molar-refractivity contribution in [2.45, 2.75) is 103 Å². The Labute approximate surface area is 307 Å². The van der Waals surface area contributed by atoms with E-state index in [-0.39, 0.29) is 44.2 Å². The highest BCUT2D eigenvalue weighted by atomic mass is 16.4. The van der Waals surface area contributed by atoms with Crippen LogP contribution in [0.1, 0.15) is 60.8 Å². The van der Waals surface area contributed by atoms with E-state index >= 15 is 0 Å². The van der Waals surface area contributed by atoms with Gasteiger partial charge in [-0.3, -0.25) is 38.6 Å². The van der Waals surface area contributed by atoms with Crippen molar-refractivity contribution in [3.63, 3.8) is 0 Å². The maximum Gasteiger partial charge on any atom is 0.328 e. The SMILES string of the molecule is CC(C)C[C@H](NC(=O)[C@@H](NC(=O)[C@H](CO)NC(=O)[C@H](C)NC(=O)[C@H](CCCN=C(N)N)NC(=O)[C@H](C)NC(=O)CN)C(C)C)C(=O)N[C@@H](CO)C(=O)O. The second-order valence-electron chi connectivity index (χ2n) is 13.0. The minimum Gasteiger partial charge on any atom is -0.480 e. The van der Waals surface area contributed by atoms with Crippen LogP contribution in [0.2, 0.25) is 0 Å². The second kappa shape index (κ2) is 24.2. The van der Waals surface area contributed by atoms with E-state index in [1.165, 1.54) is 13.8 Å². The van der Waals surface area contributed by atoms with E-state index in [4.69, 9.17) is 17.2 Å². The fraction of sp³-hybridized carbons (Fsp3) is 0.710. The highest BCUT2D eigenvalue weighted by Gasteiger charge is 2.34. The zero-order valence-electron chi connectivity index (χ0n) is 30.9. The first-order valence-corrected chi connectivity index (χ1v) is 17.0. The second-order valence-corrected chi connectivity index (χ2v) is 13.0.